The van der Waals surface area contributed by atoms with E-state index in [1.807, 2.05) is 24.3 Å². The molecule has 1 atom stereocenters. The lowest BCUT2D eigenvalue weighted by Gasteiger charge is -2.19. The summed E-state index contributed by atoms with van der Waals surface area (Å²) in [5, 5.41) is 9.29. The van der Waals surface area contributed by atoms with E-state index in [1.54, 1.807) is 14.2 Å². The summed E-state index contributed by atoms with van der Waals surface area (Å²) in [6.07, 6.45) is 2.27. The third-order valence-electron chi connectivity index (χ3n) is 4.95. The third kappa shape index (κ3) is 4.33. The van der Waals surface area contributed by atoms with Crippen LogP contribution in [-0.4, -0.2) is 37.3 Å². The summed E-state index contributed by atoms with van der Waals surface area (Å²) >= 11 is 0. The molecule has 1 N–H and O–H groups in total. The molecule has 0 aliphatic carbocycles. The van der Waals surface area contributed by atoms with Gasteiger partial charge in [0.05, 0.1) is 20.8 Å². The van der Waals surface area contributed by atoms with Crippen molar-refractivity contribution in [3.05, 3.63) is 59.2 Å². The first kappa shape index (κ1) is 17.8. The molecule has 0 aromatic heterocycles. The lowest BCUT2D eigenvalue weighted by Crippen LogP contribution is -2.21. The van der Waals surface area contributed by atoms with E-state index >= 15 is 0 Å². The summed E-state index contributed by atoms with van der Waals surface area (Å²) in [7, 11) is 3.37. The second kappa shape index (κ2) is 8.37. The smallest absolute Gasteiger partial charge is 0.165 e. The first-order chi connectivity index (χ1) is 12.2. The molecule has 3 rings (SSSR count). The number of hydrogen-bond acceptors (Lipinski definition) is 4. The molecule has 4 heteroatoms. The molecule has 1 aliphatic rings. The minimum Gasteiger partial charge on any atom is -0.493 e. The fourth-order valence-electron chi connectivity index (χ4n) is 3.73. The first-order valence-corrected chi connectivity index (χ1v) is 8.84. The number of likely N-dealkylation sites (tertiary alicyclic amines) is 1. The first-order valence-electron chi connectivity index (χ1n) is 8.84. The zero-order valence-corrected chi connectivity index (χ0v) is 15.1. The Morgan fingerprint density at radius 2 is 1.88 bits per heavy atom. The number of ether oxygens (including phenoxy) is 2. The van der Waals surface area contributed by atoms with Crippen LogP contribution >= 0.6 is 0 Å². The number of rotatable bonds is 7. The van der Waals surface area contributed by atoms with Gasteiger partial charge in [-0.1, -0.05) is 36.4 Å². The topological polar surface area (TPSA) is 41.9 Å². The highest BCUT2D eigenvalue weighted by atomic mass is 16.5. The van der Waals surface area contributed by atoms with Gasteiger partial charge in [-0.15, -0.1) is 0 Å². The quantitative estimate of drug-likeness (QED) is 0.839. The van der Waals surface area contributed by atoms with Crippen molar-refractivity contribution in [2.45, 2.75) is 26.0 Å². The molecule has 1 fully saturated rings. The van der Waals surface area contributed by atoms with Crippen LogP contribution in [-0.2, 0) is 19.6 Å². The minimum atomic E-state index is 0.111. The largest absolute Gasteiger partial charge is 0.493 e. The van der Waals surface area contributed by atoms with Crippen molar-refractivity contribution in [1.82, 2.24) is 4.90 Å². The molecule has 0 amide bonds. The van der Waals surface area contributed by atoms with Crippen molar-refractivity contribution in [1.29, 1.82) is 0 Å². The molecule has 1 aliphatic heterocycles. The maximum absolute atomic E-state index is 9.29. The van der Waals surface area contributed by atoms with Crippen LogP contribution in [0.1, 0.15) is 23.1 Å². The van der Waals surface area contributed by atoms with Crippen molar-refractivity contribution in [2.24, 2.45) is 5.92 Å². The van der Waals surface area contributed by atoms with Crippen molar-refractivity contribution in [3.63, 3.8) is 0 Å². The molecule has 0 saturated carbocycles. The van der Waals surface area contributed by atoms with E-state index in [1.165, 1.54) is 17.5 Å². The van der Waals surface area contributed by atoms with Gasteiger partial charge in [0, 0.05) is 18.7 Å². The number of nitrogens with zero attached hydrogens (tertiary/aromatic N) is 1. The van der Waals surface area contributed by atoms with Crippen LogP contribution in [0.4, 0.5) is 0 Å². The molecule has 0 radical (unpaired) electrons. The van der Waals surface area contributed by atoms with Gasteiger partial charge < -0.3 is 14.6 Å². The van der Waals surface area contributed by atoms with Gasteiger partial charge in [0.25, 0.3) is 0 Å². The highest BCUT2D eigenvalue weighted by Crippen LogP contribution is 2.33. The second-order valence-electron chi connectivity index (χ2n) is 6.72. The maximum atomic E-state index is 9.29. The molecule has 0 bridgehead atoms. The predicted molar refractivity (Wildman–Crippen MR) is 99.0 cm³/mol. The zero-order valence-electron chi connectivity index (χ0n) is 15.1. The molecular weight excluding hydrogens is 314 g/mol. The molecule has 2 aromatic rings. The Bertz CT molecular complexity index is 701. The van der Waals surface area contributed by atoms with Crippen LogP contribution in [0.15, 0.2) is 42.5 Å². The van der Waals surface area contributed by atoms with Gasteiger partial charge in [-0.25, -0.2) is 0 Å². The van der Waals surface area contributed by atoms with Gasteiger partial charge in [0.15, 0.2) is 11.5 Å². The van der Waals surface area contributed by atoms with E-state index in [2.05, 4.69) is 23.1 Å². The van der Waals surface area contributed by atoms with E-state index in [0.717, 1.165) is 43.1 Å². The third-order valence-corrected chi connectivity index (χ3v) is 4.95. The van der Waals surface area contributed by atoms with Gasteiger partial charge in [0.1, 0.15) is 0 Å². The van der Waals surface area contributed by atoms with E-state index in [-0.39, 0.29) is 6.61 Å². The Hall–Kier alpha value is -2.04. The van der Waals surface area contributed by atoms with Crippen LogP contribution in [0.3, 0.4) is 0 Å². The normalized spacial score (nSPS) is 17.6. The highest BCUT2D eigenvalue weighted by Gasteiger charge is 2.24. The van der Waals surface area contributed by atoms with Gasteiger partial charge in [-0.05, 0) is 42.5 Å². The van der Waals surface area contributed by atoms with Crippen molar-refractivity contribution >= 4 is 0 Å². The van der Waals surface area contributed by atoms with Crippen LogP contribution in [0.5, 0.6) is 11.5 Å². The highest BCUT2D eigenvalue weighted by molar-refractivity contribution is 5.46. The Morgan fingerprint density at radius 1 is 1.08 bits per heavy atom. The molecule has 4 nitrogen and oxygen atoms in total. The summed E-state index contributed by atoms with van der Waals surface area (Å²) < 4.78 is 10.9. The van der Waals surface area contributed by atoms with Crippen LogP contribution < -0.4 is 9.47 Å². The number of aliphatic hydroxyl groups excluding tert-OH is 1. The van der Waals surface area contributed by atoms with Gasteiger partial charge in [0.2, 0.25) is 0 Å². The molecule has 134 valence electrons. The van der Waals surface area contributed by atoms with Crippen LogP contribution in [0, 0.1) is 5.92 Å². The summed E-state index contributed by atoms with van der Waals surface area (Å²) in [4.78, 5) is 2.48. The van der Waals surface area contributed by atoms with Crippen LogP contribution in [0.2, 0.25) is 0 Å². The lowest BCUT2D eigenvalue weighted by molar-refractivity contribution is 0.281. The molecule has 2 aromatic carbocycles. The monoisotopic (exact) mass is 341 g/mol. The van der Waals surface area contributed by atoms with Crippen molar-refractivity contribution in [2.75, 3.05) is 27.3 Å². The van der Waals surface area contributed by atoms with E-state index < -0.39 is 0 Å². The predicted octanol–water partition coefficient (Wildman–Crippen LogP) is 3.26. The van der Waals surface area contributed by atoms with Gasteiger partial charge >= 0.3 is 0 Å². The van der Waals surface area contributed by atoms with Crippen LogP contribution in [0.25, 0.3) is 0 Å². The standard InChI is InChI=1S/C21H27NO3/c1-24-20-8-4-7-19(21(20)25-2)14-22-10-9-17(13-22)11-16-5-3-6-18(12-16)15-23/h3-8,12,17,23H,9-11,13-15H2,1-2H3. The Balaban J connectivity index is 1.62. The summed E-state index contributed by atoms with van der Waals surface area (Å²) in [5.74, 6) is 2.28. The number of aliphatic hydroxyl groups is 1. The summed E-state index contributed by atoms with van der Waals surface area (Å²) in [5.41, 5.74) is 3.48. The SMILES string of the molecule is COc1cccc(CN2CCC(Cc3cccc(CO)c3)C2)c1OC. The number of para-hydroxylation sites is 1. The molecule has 1 saturated heterocycles. The van der Waals surface area contributed by atoms with Gasteiger partial charge in [-0.2, -0.15) is 0 Å². The molecule has 1 heterocycles. The Kier molecular flexibility index (Phi) is 5.95. The Morgan fingerprint density at radius 3 is 2.64 bits per heavy atom. The summed E-state index contributed by atoms with van der Waals surface area (Å²) in [6, 6.07) is 14.3. The number of hydrogen-bond donors (Lipinski definition) is 1. The average molecular weight is 341 g/mol. The van der Waals surface area contributed by atoms with E-state index in [9.17, 15) is 5.11 Å². The lowest BCUT2D eigenvalue weighted by atomic mass is 9.97. The van der Waals surface area contributed by atoms with Gasteiger partial charge in [-0.3, -0.25) is 4.90 Å². The fraction of sp³-hybridized carbons (Fsp3) is 0.429. The molecule has 1 unspecified atom stereocenters. The van der Waals surface area contributed by atoms with E-state index in [4.69, 9.17) is 9.47 Å². The Labute approximate surface area is 150 Å². The number of benzene rings is 2. The zero-order chi connectivity index (χ0) is 17.6. The summed E-state index contributed by atoms with van der Waals surface area (Å²) in [6.45, 7) is 3.18. The van der Waals surface area contributed by atoms with E-state index in [0.29, 0.717) is 5.92 Å². The maximum Gasteiger partial charge on any atom is 0.165 e. The minimum absolute atomic E-state index is 0.111. The van der Waals surface area contributed by atoms with Crippen molar-refractivity contribution in [3.8, 4) is 11.5 Å². The number of methoxy groups -OCH3 is 2. The van der Waals surface area contributed by atoms with Crippen molar-refractivity contribution < 1.29 is 14.6 Å². The molecule has 25 heavy (non-hydrogen) atoms. The fourth-order valence-corrected chi connectivity index (χ4v) is 3.73. The molecular formula is C21H27NO3. The average Bonchev–Trinajstić information content (AvgIpc) is 3.08. The second-order valence-corrected chi connectivity index (χ2v) is 6.72. The molecule has 0 spiro atoms.